The number of hydrogen-bond donors (Lipinski definition) is 1. The Morgan fingerprint density at radius 2 is 1.17 bits per heavy atom. The minimum absolute atomic E-state index is 0.193. The standard InChI is InChI=1S/C29H52O5Si/c1-29(2,3)35(6,7)34-21-19-17-15-13-11-9-8-10-12-14-16-18-20-25-26(32-4)22-24(28(30)31)23-27(25)33-5/h22-23H,8-21H2,1-7H3,(H,30,31). The summed E-state index contributed by atoms with van der Waals surface area (Å²) in [5.41, 5.74) is 1.16. The highest BCUT2D eigenvalue weighted by atomic mass is 28.4. The molecule has 0 spiro atoms. The van der Waals surface area contributed by atoms with Crippen LogP contribution < -0.4 is 9.47 Å². The summed E-state index contributed by atoms with van der Waals surface area (Å²) in [7, 11) is 1.59. The maximum atomic E-state index is 11.3. The van der Waals surface area contributed by atoms with Gasteiger partial charge in [-0.3, -0.25) is 0 Å². The average Bonchev–Trinajstić information content (AvgIpc) is 2.80. The summed E-state index contributed by atoms with van der Waals surface area (Å²) in [5, 5.41) is 9.57. The van der Waals surface area contributed by atoms with E-state index >= 15 is 0 Å². The molecule has 0 heterocycles. The summed E-state index contributed by atoms with van der Waals surface area (Å²) in [6.07, 6.45) is 16.1. The first-order valence-electron chi connectivity index (χ1n) is 13.7. The monoisotopic (exact) mass is 508 g/mol. The smallest absolute Gasteiger partial charge is 0.335 e. The van der Waals surface area contributed by atoms with Gasteiger partial charge < -0.3 is 19.0 Å². The third-order valence-corrected chi connectivity index (χ3v) is 12.0. The Bertz CT molecular complexity index is 714. The highest BCUT2D eigenvalue weighted by Crippen LogP contribution is 2.36. The van der Waals surface area contributed by atoms with Gasteiger partial charge in [-0.2, -0.15) is 0 Å². The van der Waals surface area contributed by atoms with E-state index in [1.54, 1.807) is 26.4 Å². The molecule has 0 atom stereocenters. The molecule has 0 aliphatic rings. The summed E-state index contributed by atoms with van der Waals surface area (Å²) in [4.78, 5) is 11.3. The zero-order chi connectivity index (χ0) is 26.3. The number of rotatable bonds is 19. The van der Waals surface area contributed by atoms with Crippen molar-refractivity contribution in [2.24, 2.45) is 0 Å². The number of carbonyl (C=O) groups is 1. The maximum absolute atomic E-state index is 11.3. The van der Waals surface area contributed by atoms with Gasteiger partial charge in [-0.25, -0.2) is 4.79 Å². The Labute approximate surface area is 216 Å². The van der Waals surface area contributed by atoms with Crippen molar-refractivity contribution in [3.8, 4) is 11.5 Å². The second kappa shape index (κ2) is 16.3. The highest BCUT2D eigenvalue weighted by Gasteiger charge is 2.36. The van der Waals surface area contributed by atoms with E-state index in [2.05, 4.69) is 33.9 Å². The van der Waals surface area contributed by atoms with Gasteiger partial charge in [0.15, 0.2) is 8.32 Å². The van der Waals surface area contributed by atoms with Gasteiger partial charge in [0.2, 0.25) is 0 Å². The highest BCUT2D eigenvalue weighted by molar-refractivity contribution is 6.74. The number of unbranched alkanes of at least 4 members (excludes halogenated alkanes) is 11. The summed E-state index contributed by atoms with van der Waals surface area (Å²) in [6.45, 7) is 12.5. The predicted molar refractivity (Wildman–Crippen MR) is 149 cm³/mol. The molecule has 0 saturated carbocycles. The van der Waals surface area contributed by atoms with Crippen LogP contribution in [0.25, 0.3) is 0 Å². The first-order chi connectivity index (χ1) is 16.5. The molecule has 0 aliphatic heterocycles. The van der Waals surface area contributed by atoms with E-state index in [1.807, 2.05) is 0 Å². The quantitative estimate of drug-likeness (QED) is 0.150. The van der Waals surface area contributed by atoms with Gasteiger partial charge in [0.25, 0.3) is 0 Å². The molecule has 202 valence electrons. The summed E-state index contributed by atoms with van der Waals surface area (Å²) in [6, 6.07) is 3.17. The van der Waals surface area contributed by atoms with Crippen molar-refractivity contribution >= 4 is 14.3 Å². The van der Waals surface area contributed by atoms with Gasteiger partial charge >= 0.3 is 5.97 Å². The van der Waals surface area contributed by atoms with E-state index < -0.39 is 14.3 Å². The van der Waals surface area contributed by atoms with Gasteiger partial charge in [-0.15, -0.1) is 0 Å². The lowest BCUT2D eigenvalue weighted by atomic mass is 10.0. The van der Waals surface area contributed by atoms with Crippen LogP contribution in [0, 0.1) is 0 Å². The van der Waals surface area contributed by atoms with Crippen LogP contribution in [0.5, 0.6) is 11.5 Å². The van der Waals surface area contributed by atoms with Crippen molar-refractivity contribution < 1.29 is 23.8 Å². The van der Waals surface area contributed by atoms with E-state index in [1.165, 1.54) is 70.6 Å². The van der Waals surface area contributed by atoms with Crippen LogP contribution in [0.2, 0.25) is 18.1 Å². The largest absolute Gasteiger partial charge is 0.496 e. The molecule has 0 amide bonds. The molecule has 0 bridgehead atoms. The van der Waals surface area contributed by atoms with Crippen LogP contribution in [0.1, 0.15) is 114 Å². The van der Waals surface area contributed by atoms with Crippen molar-refractivity contribution in [3.05, 3.63) is 23.3 Å². The molecule has 0 aliphatic carbocycles. The number of benzene rings is 1. The zero-order valence-electron chi connectivity index (χ0n) is 23.6. The molecule has 0 unspecified atom stereocenters. The number of carboxylic acid groups (broad SMARTS) is 1. The van der Waals surface area contributed by atoms with Crippen LogP contribution in [0.3, 0.4) is 0 Å². The van der Waals surface area contributed by atoms with E-state index in [0.29, 0.717) is 16.5 Å². The fraction of sp³-hybridized carbons (Fsp3) is 0.759. The Hall–Kier alpha value is -1.53. The minimum atomic E-state index is -1.57. The summed E-state index contributed by atoms with van der Waals surface area (Å²) >= 11 is 0. The third-order valence-electron chi connectivity index (χ3n) is 7.45. The van der Waals surface area contributed by atoms with Crippen LogP contribution >= 0.6 is 0 Å². The summed E-state index contributed by atoms with van der Waals surface area (Å²) < 4.78 is 17.1. The molecule has 0 aromatic heterocycles. The van der Waals surface area contributed by atoms with E-state index in [9.17, 15) is 9.90 Å². The van der Waals surface area contributed by atoms with Gasteiger partial charge in [0, 0.05) is 12.2 Å². The molecule has 0 saturated heterocycles. The zero-order valence-corrected chi connectivity index (χ0v) is 24.6. The van der Waals surface area contributed by atoms with E-state index in [-0.39, 0.29) is 5.56 Å². The summed E-state index contributed by atoms with van der Waals surface area (Å²) in [5.74, 6) is 0.231. The molecule has 1 rings (SSSR count). The van der Waals surface area contributed by atoms with Gasteiger partial charge in [-0.05, 0) is 49.5 Å². The first kappa shape index (κ1) is 31.5. The molecular formula is C29H52O5Si. The minimum Gasteiger partial charge on any atom is -0.496 e. The lowest BCUT2D eigenvalue weighted by molar-refractivity contribution is 0.0696. The number of aromatic carboxylic acids is 1. The molecule has 0 fully saturated rings. The van der Waals surface area contributed by atoms with E-state index in [0.717, 1.165) is 25.0 Å². The van der Waals surface area contributed by atoms with Gasteiger partial charge in [-0.1, -0.05) is 85.0 Å². The third kappa shape index (κ3) is 11.8. The van der Waals surface area contributed by atoms with Crippen molar-refractivity contribution in [2.45, 2.75) is 122 Å². The topological polar surface area (TPSA) is 65.0 Å². The molecule has 1 aromatic carbocycles. The fourth-order valence-corrected chi connectivity index (χ4v) is 5.16. The molecular weight excluding hydrogens is 456 g/mol. The number of methoxy groups -OCH3 is 2. The van der Waals surface area contributed by atoms with Crippen LogP contribution in [-0.4, -0.2) is 40.2 Å². The molecule has 1 aromatic rings. The number of ether oxygens (including phenoxy) is 2. The predicted octanol–water partition coefficient (Wildman–Crippen LogP) is 8.65. The Morgan fingerprint density at radius 3 is 1.54 bits per heavy atom. The van der Waals surface area contributed by atoms with Crippen molar-refractivity contribution in [1.82, 2.24) is 0 Å². The van der Waals surface area contributed by atoms with Crippen LogP contribution in [0.4, 0.5) is 0 Å². The molecule has 1 N–H and O–H groups in total. The van der Waals surface area contributed by atoms with Crippen molar-refractivity contribution in [2.75, 3.05) is 20.8 Å². The van der Waals surface area contributed by atoms with Gasteiger partial charge in [0.1, 0.15) is 11.5 Å². The fourth-order valence-electron chi connectivity index (χ4n) is 4.07. The molecule has 35 heavy (non-hydrogen) atoms. The van der Waals surface area contributed by atoms with E-state index in [4.69, 9.17) is 13.9 Å². The number of hydrogen-bond acceptors (Lipinski definition) is 4. The molecule has 0 radical (unpaired) electrons. The Morgan fingerprint density at radius 1 is 0.771 bits per heavy atom. The molecule has 5 nitrogen and oxygen atoms in total. The first-order valence-corrected chi connectivity index (χ1v) is 16.6. The SMILES string of the molecule is COc1cc(C(=O)O)cc(OC)c1CCCCCCCCCCCCCCO[Si](C)(C)C(C)(C)C. The molecule has 6 heteroatoms. The maximum Gasteiger partial charge on any atom is 0.335 e. The second-order valence-corrected chi connectivity index (χ2v) is 16.1. The Balaban J connectivity index is 2.06. The normalized spacial score (nSPS) is 12.1. The van der Waals surface area contributed by atoms with Crippen molar-refractivity contribution in [3.63, 3.8) is 0 Å². The second-order valence-electron chi connectivity index (χ2n) is 11.3. The Kier molecular flexibility index (Phi) is 14.6. The van der Waals surface area contributed by atoms with Crippen LogP contribution in [0.15, 0.2) is 12.1 Å². The lowest BCUT2D eigenvalue weighted by Gasteiger charge is -2.36. The van der Waals surface area contributed by atoms with Gasteiger partial charge in [0.05, 0.1) is 19.8 Å². The van der Waals surface area contributed by atoms with Crippen molar-refractivity contribution in [1.29, 1.82) is 0 Å². The van der Waals surface area contributed by atoms with Crippen LogP contribution in [-0.2, 0) is 10.8 Å². The average molecular weight is 509 g/mol. The number of carboxylic acids is 1. The lowest BCUT2D eigenvalue weighted by Crippen LogP contribution is -2.40.